The van der Waals surface area contributed by atoms with Crippen LogP contribution in [0.5, 0.6) is 0 Å². The van der Waals surface area contributed by atoms with Gasteiger partial charge in [0.15, 0.2) is 5.76 Å². The number of esters is 1. The summed E-state index contributed by atoms with van der Waals surface area (Å²) in [6.07, 6.45) is 2.62. The topological polar surface area (TPSA) is 86.4 Å². The Labute approximate surface area is 157 Å². The molecule has 7 nitrogen and oxygen atoms in total. The lowest BCUT2D eigenvalue weighted by Gasteiger charge is -2.11. The van der Waals surface area contributed by atoms with Crippen LogP contribution in [0, 0.1) is 0 Å². The number of hydrogen-bond donors (Lipinski definition) is 1. The standard InChI is InChI=1S/C20H23N3O4/c1-14(2)27-19(24)13-23-16-8-4-3-7-15(16)22-18(23)10-5-11-21-20(25)17-9-6-12-26-17/h3-4,6-9,12,14H,5,10-11,13H2,1-2H3,(H,21,25). The Morgan fingerprint density at radius 3 is 2.78 bits per heavy atom. The Morgan fingerprint density at radius 2 is 2.04 bits per heavy atom. The van der Waals surface area contributed by atoms with Gasteiger partial charge in [-0.2, -0.15) is 0 Å². The summed E-state index contributed by atoms with van der Waals surface area (Å²) in [4.78, 5) is 28.7. The lowest BCUT2D eigenvalue weighted by Crippen LogP contribution is -2.24. The van der Waals surface area contributed by atoms with Crippen molar-refractivity contribution >= 4 is 22.9 Å². The van der Waals surface area contributed by atoms with E-state index in [9.17, 15) is 9.59 Å². The fraction of sp³-hybridized carbons (Fsp3) is 0.350. The summed E-state index contributed by atoms with van der Waals surface area (Å²) in [6, 6.07) is 11.0. The number of rotatable bonds is 8. The zero-order valence-corrected chi connectivity index (χ0v) is 15.5. The number of furan rings is 1. The third-order valence-electron chi connectivity index (χ3n) is 4.00. The summed E-state index contributed by atoms with van der Waals surface area (Å²) in [7, 11) is 0. The van der Waals surface area contributed by atoms with E-state index < -0.39 is 0 Å². The first-order valence-electron chi connectivity index (χ1n) is 9.00. The molecule has 3 aromatic rings. The maximum absolute atomic E-state index is 12.1. The summed E-state index contributed by atoms with van der Waals surface area (Å²) in [6.45, 7) is 4.25. The Hall–Kier alpha value is -3.09. The molecule has 0 unspecified atom stereocenters. The number of nitrogens with one attached hydrogen (secondary N) is 1. The van der Waals surface area contributed by atoms with Crippen molar-refractivity contribution in [2.45, 2.75) is 39.3 Å². The van der Waals surface area contributed by atoms with Gasteiger partial charge in [-0.1, -0.05) is 12.1 Å². The van der Waals surface area contributed by atoms with E-state index in [1.54, 1.807) is 12.1 Å². The predicted molar refractivity (Wildman–Crippen MR) is 100 cm³/mol. The number of para-hydroxylation sites is 2. The molecule has 27 heavy (non-hydrogen) atoms. The first kappa shape index (κ1) is 18.7. The van der Waals surface area contributed by atoms with E-state index in [1.165, 1.54) is 6.26 Å². The van der Waals surface area contributed by atoms with E-state index in [0.717, 1.165) is 16.9 Å². The molecule has 1 N–H and O–H groups in total. The van der Waals surface area contributed by atoms with Crippen molar-refractivity contribution < 1.29 is 18.7 Å². The third kappa shape index (κ3) is 4.75. The molecular formula is C20H23N3O4. The molecule has 0 aliphatic heterocycles. The molecule has 1 amide bonds. The van der Waals surface area contributed by atoms with Crippen LogP contribution < -0.4 is 5.32 Å². The van der Waals surface area contributed by atoms with Gasteiger partial charge in [0.05, 0.1) is 23.4 Å². The molecule has 2 heterocycles. The van der Waals surface area contributed by atoms with Gasteiger partial charge in [0.2, 0.25) is 0 Å². The molecule has 1 aromatic carbocycles. The molecule has 0 aliphatic carbocycles. The SMILES string of the molecule is CC(C)OC(=O)Cn1c(CCCNC(=O)c2ccco2)nc2ccccc21. The normalized spacial score (nSPS) is 11.1. The van der Waals surface area contributed by atoms with Crippen LogP contribution in [-0.2, 0) is 22.5 Å². The third-order valence-corrected chi connectivity index (χ3v) is 4.00. The molecule has 0 bridgehead atoms. The van der Waals surface area contributed by atoms with Crippen LogP contribution in [0.15, 0.2) is 47.1 Å². The molecule has 0 atom stereocenters. The van der Waals surface area contributed by atoms with Gasteiger partial charge in [-0.15, -0.1) is 0 Å². The number of hydrogen-bond acceptors (Lipinski definition) is 5. The van der Waals surface area contributed by atoms with E-state index in [1.807, 2.05) is 42.7 Å². The minimum Gasteiger partial charge on any atom is -0.462 e. The maximum Gasteiger partial charge on any atom is 0.326 e. The van der Waals surface area contributed by atoms with Crippen molar-refractivity contribution in [1.29, 1.82) is 0 Å². The van der Waals surface area contributed by atoms with Gasteiger partial charge in [-0.05, 0) is 44.5 Å². The van der Waals surface area contributed by atoms with Crippen LogP contribution in [0.3, 0.4) is 0 Å². The highest BCUT2D eigenvalue weighted by molar-refractivity contribution is 5.91. The predicted octanol–water partition coefficient (Wildman–Crippen LogP) is 2.94. The summed E-state index contributed by atoms with van der Waals surface area (Å²) >= 11 is 0. The van der Waals surface area contributed by atoms with Gasteiger partial charge in [-0.25, -0.2) is 4.98 Å². The van der Waals surface area contributed by atoms with Gasteiger partial charge in [0.1, 0.15) is 12.4 Å². The van der Waals surface area contributed by atoms with Crippen molar-refractivity contribution in [3.05, 3.63) is 54.2 Å². The quantitative estimate of drug-likeness (QED) is 0.487. The van der Waals surface area contributed by atoms with Crippen LogP contribution in [0.1, 0.15) is 36.6 Å². The molecule has 2 aromatic heterocycles. The Bertz CT molecular complexity index is 913. The number of aromatic nitrogens is 2. The number of carbonyl (C=O) groups is 2. The zero-order chi connectivity index (χ0) is 19.2. The summed E-state index contributed by atoms with van der Waals surface area (Å²) in [5, 5.41) is 2.81. The molecule has 3 rings (SSSR count). The highest BCUT2D eigenvalue weighted by atomic mass is 16.5. The Balaban J connectivity index is 1.65. The molecule has 0 spiro atoms. The minimum atomic E-state index is -0.291. The van der Waals surface area contributed by atoms with Gasteiger partial charge in [0.25, 0.3) is 5.91 Å². The molecule has 0 aliphatic rings. The van der Waals surface area contributed by atoms with E-state index in [-0.39, 0.29) is 24.5 Å². The second kappa shape index (κ2) is 8.53. The number of carbonyl (C=O) groups excluding carboxylic acids is 2. The monoisotopic (exact) mass is 369 g/mol. The summed E-state index contributed by atoms with van der Waals surface area (Å²) < 4.78 is 12.2. The number of imidazole rings is 1. The largest absolute Gasteiger partial charge is 0.462 e. The number of benzene rings is 1. The smallest absolute Gasteiger partial charge is 0.326 e. The number of fused-ring (bicyclic) bond motifs is 1. The Morgan fingerprint density at radius 1 is 1.22 bits per heavy atom. The second-order valence-corrected chi connectivity index (χ2v) is 6.48. The molecule has 0 radical (unpaired) electrons. The lowest BCUT2D eigenvalue weighted by atomic mass is 10.3. The summed E-state index contributed by atoms with van der Waals surface area (Å²) in [5.74, 6) is 0.553. The number of ether oxygens (including phenoxy) is 1. The van der Waals surface area contributed by atoms with Gasteiger partial charge < -0.3 is 19.0 Å². The van der Waals surface area contributed by atoms with Crippen molar-refractivity contribution in [3.8, 4) is 0 Å². The zero-order valence-electron chi connectivity index (χ0n) is 15.5. The maximum atomic E-state index is 12.1. The molecular weight excluding hydrogens is 346 g/mol. The number of amides is 1. The van der Waals surface area contributed by atoms with Crippen LogP contribution in [-0.4, -0.2) is 34.1 Å². The van der Waals surface area contributed by atoms with Crippen LogP contribution >= 0.6 is 0 Å². The van der Waals surface area contributed by atoms with E-state index in [2.05, 4.69) is 10.3 Å². The van der Waals surface area contributed by atoms with Crippen molar-refractivity contribution in [2.24, 2.45) is 0 Å². The average molecular weight is 369 g/mol. The first-order chi connectivity index (χ1) is 13.0. The van der Waals surface area contributed by atoms with E-state index in [4.69, 9.17) is 9.15 Å². The van der Waals surface area contributed by atoms with Crippen molar-refractivity contribution in [2.75, 3.05) is 6.54 Å². The number of nitrogens with zero attached hydrogens (tertiary/aromatic N) is 2. The molecule has 142 valence electrons. The fourth-order valence-corrected chi connectivity index (χ4v) is 2.87. The molecule has 0 fully saturated rings. The summed E-state index contributed by atoms with van der Waals surface area (Å²) in [5.41, 5.74) is 1.73. The fourth-order valence-electron chi connectivity index (χ4n) is 2.87. The first-order valence-corrected chi connectivity index (χ1v) is 9.00. The number of aryl methyl sites for hydroxylation is 1. The van der Waals surface area contributed by atoms with E-state index >= 15 is 0 Å². The van der Waals surface area contributed by atoms with Crippen LogP contribution in [0.4, 0.5) is 0 Å². The van der Waals surface area contributed by atoms with Crippen molar-refractivity contribution in [3.63, 3.8) is 0 Å². The second-order valence-electron chi connectivity index (χ2n) is 6.48. The van der Waals surface area contributed by atoms with Gasteiger partial charge in [0, 0.05) is 13.0 Å². The van der Waals surface area contributed by atoms with Crippen LogP contribution in [0.2, 0.25) is 0 Å². The molecule has 0 saturated heterocycles. The van der Waals surface area contributed by atoms with E-state index in [0.29, 0.717) is 25.1 Å². The highest BCUT2D eigenvalue weighted by Crippen LogP contribution is 2.17. The lowest BCUT2D eigenvalue weighted by molar-refractivity contribution is -0.148. The van der Waals surface area contributed by atoms with Gasteiger partial charge in [-0.3, -0.25) is 9.59 Å². The Kier molecular flexibility index (Phi) is 5.90. The van der Waals surface area contributed by atoms with Crippen molar-refractivity contribution in [1.82, 2.24) is 14.9 Å². The van der Waals surface area contributed by atoms with Crippen LogP contribution in [0.25, 0.3) is 11.0 Å². The average Bonchev–Trinajstić information content (AvgIpc) is 3.27. The molecule has 0 saturated carbocycles. The molecule has 7 heteroatoms. The highest BCUT2D eigenvalue weighted by Gasteiger charge is 2.15. The van der Waals surface area contributed by atoms with Gasteiger partial charge >= 0.3 is 5.97 Å². The minimum absolute atomic E-state index is 0.118.